The molecule has 150 valence electrons. The lowest BCUT2D eigenvalue weighted by molar-refractivity contribution is -0.150. The van der Waals surface area contributed by atoms with Gasteiger partial charge in [0.15, 0.2) is 0 Å². The van der Waals surface area contributed by atoms with Gasteiger partial charge in [-0.05, 0) is 12.3 Å². The molecule has 27 heavy (non-hydrogen) atoms. The summed E-state index contributed by atoms with van der Waals surface area (Å²) in [4.78, 5) is 39.4. The number of hydroxylamine groups is 1. The molecule has 9 heteroatoms. The molecule has 3 aliphatic rings. The highest BCUT2D eigenvalue weighted by molar-refractivity contribution is 5.93. The number of hydrogen-bond acceptors (Lipinski definition) is 6. The van der Waals surface area contributed by atoms with Crippen LogP contribution in [0.3, 0.4) is 0 Å². The lowest BCUT2D eigenvalue weighted by Crippen LogP contribution is -2.51. The van der Waals surface area contributed by atoms with Crippen LogP contribution in [0, 0.1) is 11.8 Å². The molecule has 2 N–H and O–H groups in total. The maximum Gasteiger partial charge on any atom is 0.248 e. The summed E-state index contributed by atoms with van der Waals surface area (Å²) in [7, 11) is 0. The summed E-state index contributed by atoms with van der Waals surface area (Å²) < 4.78 is 5.28. The molecule has 1 saturated heterocycles. The van der Waals surface area contributed by atoms with Gasteiger partial charge in [-0.25, -0.2) is 10.5 Å². The van der Waals surface area contributed by atoms with Crippen LogP contribution in [0.25, 0.3) is 0 Å². The van der Waals surface area contributed by atoms with Crippen molar-refractivity contribution in [2.75, 3.05) is 26.3 Å². The van der Waals surface area contributed by atoms with E-state index in [9.17, 15) is 14.4 Å². The van der Waals surface area contributed by atoms with Gasteiger partial charge >= 0.3 is 0 Å². The third-order valence-corrected chi connectivity index (χ3v) is 5.66. The zero-order chi connectivity index (χ0) is 19.2. The zero-order valence-corrected chi connectivity index (χ0v) is 15.5. The standard InChI is InChI=1S/C18H28N4O5/c23-16(20-26)12-14(11-13-3-1-2-4-13)17(24)22-15(5-6-19-22)18(25)21-7-9-27-10-8-21/h6,13-15,26H,1-5,7-12H2,(H,20,23)/t14-,15+/m1/s1. The Bertz CT molecular complexity index is 584. The van der Waals surface area contributed by atoms with Crippen molar-refractivity contribution in [2.45, 2.75) is 51.0 Å². The van der Waals surface area contributed by atoms with E-state index in [1.54, 1.807) is 16.6 Å². The highest BCUT2D eigenvalue weighted by Crippen LogP contribution is 2.33. The number of hydrazone groups is 1. The molecule has 1 saturated carbocycles. The molecule has 2 heterocycles. The zero-order valence-electron chi connectivity index (χ0n) is 15.5. The minimum Gasteiger partial charge on any atom is -0.378 e. The first-order chi connectivity index (χ1) is 13.1. The second-order valence-electron chi connectivity index (χ2n) is 7.49. The summed E-state index contributed by atoms with van der Waals surface area (Å²) in [6.07, 6.45) is 6.81. The van der Waals surface area contributed by atoms with Crippen molar-refractivity contribution in [3.05, 3.63) is 0 Å². The average molecular weight is 380 g/mol. The van der Waals surface area contributed by atoms with Crippen molar-refractivity contribution in [1.82, 2.24) is 15.4 Å². The monoisotopic (exact) mass is 380 g/mol. The fourth-order valence-electron chi connectivity index (χ4n) is 4.20. The highest BCUT2D eigenvalue weighted by Gasteiger charge is 2.39. The van der Waals surface area contributed by atoms with E-state index in [1.807, 2.05) is 0 Å². The minimum atomic E-state index is -0.654. The van der Waals surface area contributed by atoms with Gasteiger partial charge in [0.25, 0.3) is 0 Å². The van der Waals surface area contributed by atoms with E-state index in [0.29, 0.717) is 45.1 Å². The van der Waals surface area contributed by atoms with Gasteiger partial charge in [0, 0.05) is 38.1 Å². The smallest absolute Gasteiger partial charge is 0.248 e. The fraction of sp³-hybridized carbons (Fsp3) is 0.778. The second-order valence-corrected chi connectivity index (χ2v) is 7.49. The van der Waals surface area contributed by atoms with E-state index in [1.165, 1.54) is 5.01 Å². The average Bonchev–Trinajstić information content (AvgIpc) is 3.38. The van der Waals surface area contributed by atoms with Gasteiger partial charge < -0.3 is 9.64 Å². The third kappa shape index (κ3) is 4.84. The number of morpholine rings is 1. The van der Waals surface area contributed by atoms with Crippen molar-refractivity contribution in [3.63, 3.8) is 0 Å². The van der Waals surface area contributed by atoms with E-state index in [0.717, 1.165) is 25.7 Å². The molecule has 9 nitrogen and oxygen atoms in total. The predicted octanol–water partition coefficient (Wildman–Crippen LogP) is 0.524. The number of carbonyl (C=O) groups excluding carboxylic acids is 3. The molecule has 0 aromatic heterocycles. The summed E-state index contributed by atoms with van der Waals surface area (Å²) >= 11 is 0. The Balaban J connectivity index is 1.69. The molecule has 2 fully saturated rings. The molecule has 0 spiro atoms. The largest absolute Gasteiger partial charge is 0.378 e. The topological polar surface area (TPSA) is 112 Å². The molecule has 3 amide bonds. The van der Waals surface area contributed by atoms with Crippen LogP contribution in [0.4, 0.5) is 0 Å². The SMILES string of the molecule is O=C(C[C@@H](CC1CCCC1)C(=O)N1N=CC[C@H]1C(=O)N1CCOCC1)NO. The molecule has 0 radical (unpaired) electrons. The van der Waals surface area contributed by atoms with Gasteiger partial charge in [-0.1, -0.05) is 25.7 Å². The second kappa shape index (κ2) is 9.27. The highest BCUT2D eigenvalue weighted by atomic mass is 16.5. The number of nitrogens with one attached hydrogen (secondary N) is 1. The molecular formula is C18H28N4O5. The van der Waals surface area contributed by atoms with Crippen LogP contribution in [-0.2, 0) is 19.1 Å². The third-order valence-electron chi connectivity index (χ3n) is 5.66. The van der Waals surface area contributed by atoms with Crippen molar-refractivity contribution < 1.29 is 24.3 Å². The molecule has 1 aliphatic carbocycles. The Kier molecular flexibility index (Phi) is 6.78. The van der Waals surface area contributed by atoms with Gasteiger partial charge in [0.1, 0.15) is 6.04 Å². The van der Waals surface area contributed by atoms with Crippen LogP contribution in [0.15, 0.2) is 5.10 Å². The van der Waals surface area contributed by atoms with Crippen molar-refractivity contribution in [1.29, 1.82) is 0 Å². The van der Waals surface area contributed by atoms with E-state index in [-0.39, 0.29) is 18.2 Å². The molecule has 2 aliphatic heterocycles. The molecule has 3 rings (SSSR count). The van der Waals surface area contributed by atoms with Gasteiger partial charge in [-0.15, -0.1) is 0 Å². The summed E-state index contributed by atoms with van der Waals surface area (Å²) in [5.74, 6) is -1.23. The quantitative estimate of drug-likeness (QED) is 0.516. The number of nitrogens with zero attached hydrogens (tertiary/aromatic N) is 3. The van der Waals surface area contributed by atoms with Crippen LogP contribution in [0.2, 0.25) is 0 Å². The number of amides is 3. The van der Waals surface area contributed by atoms with Crippen LogP contribution in [0.5, 0.6) is 0 Å². The first-order valence-electron chi connectivity index (χ1n) is 9.75. The number of carbonyl (C=O) groups is 3. The van der Waals surface area contributed by atoms with Gasteiger partial charge in [0.2, 0.25) is 17.7 Å². The summed E-state index contributed by atoms with van der Waals surface area (Å²) in [6, 6.07) is -0.654. The minimum absolute atomic E-state index is 0.101. The van der Waals surface area contributed by atoms with Gasteiger partial charge in [0.05, 0.1) is 13.2 Å². The summed E-state index contributed by atoms with van der Waals surface area (Å²) in [5, 5.41) is 14.3. The van der Waals surface area contributed by atoms with E-state index in [2.05, 4.69) is 5.10 Å². The Hall–Kier alpha value is -2.00. The number of rotatable bonds is 6. The summed E-state index contributed by atoms with van der Waals surface area (Å²) in [6.45, 7) is 2.01. The molecule has 0 bridgehead atoms. The molecular weight excluding hydrogens is 352 g/mol. The number of hydrogen-bond donors (Lipinski definition) is 2. The predicted molar refractivity (Wildman–Crippen MR) is 95.8 cm³/mol. The van der Waals surface area contributed by atoms with E-state index < -0.39 is 17.9 Å². The summed E-state index contributed by atoms with van der Waals surface area (Å²) in [5.41, 5.74) is 1.61. The fourth-order valence-corrected chi connectivity index (χ4v) is 4.20. The molecule has 0 aromatic rings. The molecule has 0 aromatic carbocycles. The molecule has 0 unspecified atom stereocenters. The van der Waals surface area contributed by atoms with Crippen molar-refractivity contribution in [2.24, 2.45) is 16.9 Å². The Morgan fingerprint density at radius 1 is 1.22 bits per heavy atom. The van der Waals surface area contributed by atoms with Crippen LogP contribution >= 0.6 is 0 Å². The van der Waals surface area contributed by atoms with E-state index in [4.69, 9.17) is 9.94 Å². The first-order valence-corrected chi connectivity index (χ1v) is 9.75. The van der Waals surface area contributed by atoms with Crippen molar-refractivity contribution >= 4 is 23.9 Å². The maximum absolute atomic E-state index is 13.1. The first kappa shape index (κ1) is 19.8. The van der Waals surface area contributed by atoms with Crippen molar-refractivity contribution in [3.8, 4) is 0 Å². The van der Waals surface area contributed by atoms with Gasteiger partial charge in [-0.2, -0.15) is 5.10 Å². The van der Waals surface area contributed by atoms with Crippen LogP contribution in [0.1, 0.15) is 44.9 Å². The number of ether oxygens (including phenoxy) is 1. The Morgan fingerprint density at radius 3 is 2.59 bits per heavy atom. The Morgan fingerprint density at radius 2 is 1.93 bits per heavy atom. The maximum atomic E-state index is 13.1. The Labute approximate surface area is 158 Å². The lowest BCUT2D eigenvalue weighted by atomic mass is 9.89. The van der Waals surface area contributed by atoms with E-state index >= 15 is 0 Å². The lowest BCUT2D eigenvalue weighted by Gasteiger charge is -2.32. The van der Waals surface area contributed by atoms with Gasteiger partial charge in [-0.3, -0.25) is 19.6 Å². The normalized spacial score (nSPS) is 24.3. The van der Waals surface area contributed by atoms with Crippen LogP contribution in [-0.4, -0.2) is 71.4 Å². The molecule has 2 atom stereocenters. The van der Waals surface area contributed by atoms with Crippen LogP contribution < -0.4 is 5.48 Å².